The van der Waals surface area contributed by atoms with Gasteiger partial charge in [0, 0.05) is 19.4 Å². The van der Waals surface area contributed by atoms with Crippen LogP contribution in [0.4, 0.5) is 0 Å². The maximum absolute atomic E-state index is 12.7. The Morgan fingerprint density at radius 1 is 1.15 bits per heavy atom. The van der Waals surface area contributed by atoms with Crippen LogP contribution in [0, 0.1) is 5.41 Å². The molecule has 0 radical (unpaired) electrons. The van der Waals surface area contributed by atoms with Crippen LogP contribution < -0.4 is 0 Å². The van der Waals surface area contributed by atoms with Crippen LogP contribution in [0.15, 0.2) is 30.3 Å². The standard InChI is InChI=1S/C17H21NO2/c1-16(2)17(10-6-9-14(19)11-17)15(20)18(16)12-13-7-4-3-5-8-13/h3-5,7-8H,6,9-12H2,1-2H3. The van der Waals surface area contributed by atoms with Crippen molar-refractivity contribution in [3.63, 3.8) is 0 Å². The summed E-state index contributed by atoms with van der Waals surface area (Å²) < 4.78 is 0. The Labute approximate surface area is 120 Å². The topological polar surface area (TPSA) is 37.4 Å². The third kappa shape index (κ3) is 1.72. The van der Waals surface area contributed by atoms with Gasteiger partial charge in [-0.1, -0.05) is 30.3 Å². The van der Waals surface area contributed by atoms with Crippen molar-refractivity contribution in [2.75, 3.05) is 0 Å². The fraction of sp³-hybridized carbons (Fsp3) is 0.529. The van der Waals surface area contributed by atoms with Gasteiger partial charge in [0.25, 0.3) is 0 Å². The molecule has 1 saturated heterocycles. The molecule has 1 aromatic rings. The van der Waals surface area contributed by atoms with E-state index < -0.39 is 5.41 Å². The minimum Gasteiger partial charge on any atom is -0.332 e. The van der Waals surface area contributed by atoms with Crippen LogP contribution in [0.1, 0.15) is 45.1 Å². The Hall–Kier alpha value is -1.64. The molecule has 106 valence electrons. The van der Waals surface area contributed by atoms with Gasteiger partial charge in [-0.25, -0.2) is 0 Å². The average Bonchev–Trinajstić information content (AvgIpc) is 2.45. The summed E-state index contributed by atoms with van der Waals surface area (Å²) in [7, 11) is 0. The molecule has 1 heterocycles. The smallest absolute Gasteiger partial charge is 0.232 e. The monoisotopic (exact) mass is 271 g/mol. The van der Waals surface area contributed by atoms with Gasteiger partial charge in [-0.3, -0.25) is 9.59 Å². The number of Topliss-reactive ketones (excluding diaryl/α,β-unsaturated/α-hetero) is 1. The van der Waals surface area contributed by atoms with Crippen LogP contribution in [0.2, 0.25) is 0 Å². The second kappa shape index (κ2) is 4.44. The van der Waals surface area contributed by atoms with E-state index in [-0.39, 0.29) is 17.2 Å². The molecule has 0 N–H and O–H groups in total. The number of benzene rings is 1. The summed E-state index contributed by atoms with van der Waals surface area (Å²) in [6, 6.07) is 10.0. The Bertz CT molecular complexity index is 549. The highest BCUT2D eigenvalue weighted by Gasteiger charge is 2.66. The fourth-order valence-electron chi connectivity index (χ4n) is 3.82. The molecule has 3 heteroatoms. The Balaban J connectivity index is 1.83. The second-order valence-electron chi connectivity index (χ2n) is 6.59. The lowest BCUT2D eigenvalue weighted by Crippen LogP contribution is -2.75. The average molecular weight is 271 g/mol. The lowest BCUT2D eigenvalue weighted by atomic mass is 9.55. The van der Waals surface area contributed by atoms with E-state index in [1.54, 1.807) is 0 Å². The molecule has 0 bridgehead atoms. The van der Waals surface area contributed by atoms with E-state index in [1.807, 2.05) is 35.2 Å². The zero-order valence-corrected chi connectivity index (χ0v) is 12.2. The molecule has 3 nitrogen and oxygen atoms in total. The fourth-order valence-corrected chi connectivity index (χ4v) is 3.82. The van der Waals surface area contributed by atoms with Crippen molar-refractivity contribution in [1.29, 1.82) is 0 Å². The molecule has 1 aliphatic heterocycles. The van der Waals surface area contributed by atoms with Gasteiger partial charge in [-0.2, -0.15) is 0 Å². The van der Waals surface area contributed by atoms with Gasteiger partial charge < -0.3 is 4.90 Å². The molecule has 1 aliphatic carbocycles. The van der Waals surface area contributed by atoms with Gasteiger partial charge in [-0.15, -0.1) is 0 Å². The number of β-lactam (4-membered cyclic amide) rings is 1. The van der Waals surface area contributed by atoms with Crippen molar-refractivity contribution in [1.82, 2.24) is 4.90 Å². The minimum atomic E-state index is -0.433. The number of amides is 1. The molecule has 1 aromatic carbocycles. The highest BCUT2D eigenvalue weighted by atomic mass is 16.2. The molecule has 0 aromatic heterocycles. The van der Waals surface area contributed by atoms with Crippen molar-refractivity contribution in [3.8, 4) is 0 Å². The third-order valence-electron chi connectivity index (χ3n) is 5.24. The molecular weight excluding hydrogens is 250 g/mol. The lowest BCUT2D eigenvalue weighted by molar-refractivity contribution is -0.197. The van der Waals surface area contributed by atoms with Gasteiger partial charge in [0.1, 0.15) is 5.78 Å². The van der Waals surface area contributed by atoms with Crippen molar-refractivity contribution >= 4 is 11.7 Å². The molecular formula is C17H21NO2. The molecule has 1 amide bonds. The van der Waals surface area contributed by atoms with E-state index in [9.17, 15) is 9.59 Å². The van der Waals surface area contributed by atoms with Gasteiger partial charge in [-0.05, 0) is 32.3 Å². The number of rotatable bonds is 2. The van der Waals surface area contributed by atoms with E-state index >= 15 is 0 Å². The molecule has 2 fully saturated rings. The summed E-state index contributed by atoms with van der Waals surface area (Å²) in [4.78, 5) is 26.4. The molecule has 1 spiro atoms. The van der Waals surface area contributed by atoms with Crippen LogP contribution >= 0.6 is 0 Å². The molecule has 3 rings (SSSR count). The van der Waals surface area contributed by atoms with Crippen LogP contribution in [-0.4, -0.2) is 22.1 Å². The largest absolute Gasteiger partial charge is 0.332 e. The Morgan fingerprint density at radius 3 is 2.45 bits per heavy atom. The SMILES string of the molecule is CC1(C)N(Cc2ccccc2)C(=O)C12CCCC(=O)C2. The Kier molecular flexibility index (Phi) is 2.96. The summed E-state index contributed by atoms with van der Waals surface area (Å²) in [6.45, 7) is 4.86. The number of carbonyl (C=O) groups excluding carboxylic acids is 2. The number of hydrogen-bond donors (Lipinski definition) is 0. The molecule has 1 saturated carbocycles. The predicted molar refractivity (Wildman–Crippen MR) is 77.0 cm³/mol. The first-order valence-corrected chi connectivity index (χ1v) is 7.35. The first kappa shape index (κ1) is 13.3. The summed E-state index contributed by atoms with van der Waals surface area (Å²) in [6.07, 6.45) is 2.79. The number of likely N-dealkylation sites (tertiary alicyclic amines) is 1. The normalized spacial score (nSPS) is 28.6. The number of hydrogen-bond acceptors (Lipinski definition) is 2. The van der Waals surface area contributed by atoms with Crippen molar-refractivity contribution in [3.05, 3.63) is 35.9 Å². The summed E-state index contributed by atoms with van der Waals surface area (Å²) in [5.41, 5.74) is 0.485. The van der Waals surface area contributed by atoms with Gasteiger partial charge in [0.2, 0.25) is 5.91 Å². The lowest BCUT2D eigenvalue weighted by Gasteiger charge is -2.63. The quantitative estimate of drug-likeness (QED) is 0.776. The third-order valence-corrected chi connectivity index (χ3v) is 5.24. The van der Waals surface area contributed by atoms with E-state index in [4.69, 9.17) is 0 Å². The summed E-state index contributed by atoms with van der Waals surface area (Å²) in [5.74, 6) is 0.413. The van der Waals surface area contributed by atoms with Crippen molar-refractivity contribution in [2.24, 2.45) is 5.41 Å². The summed E-state index contributed by atoms with van der Waals surface area (Å²) >= 11 is 0. The van der Waals surface area contributed by atoms with Crippen molar-refractivity contribution < 1.29 is 9.59 Å². The minimum absolute atomic E-state index is 0.166. The van der Waals surface area contributed by atoms with E-state index in [1.165, 1.54) is 0 Å². The maximum Gasteiger partial charge on any atom is 0.232 e. The highest BCUT2D eigenvalue weighted by Crippen LogP contribution is 2.56. The highest BCUT2D eigenvalue weighted by molar-refractivity contribution is 5.97. The molecule has 20 heavy (non-hydrogen) atoms. The first-order valence-electron chi connectivity index (χ1n) is 7.35. The van der Waals surface area contributed by atoms with E-state index in [2.05, 4.69) is 13.8 Å². The number of carbonyl (C=O) groups is 2. The number of ketones is 1. The second-order valence-corrected chi connectivity index (χ2v) is 6.59. The molecule has 1 atom stereocenters. The first-order chi connectivity index (χ1) is 9.47. The molecule has 1 unspecified atom stereocenters. The zero-order valence-electron chi connectivity index (χ0n) is 12.2. The maximum atomic E-state index is 12.7. The van der Waals surface area contributed by atoms with Gasteiger partial charge in [0.15, 0.2) is 0 Å². The van der Waals surface area contributed by atoms with Gasteiger partial charge in [0.05, 0.1) is 11.0 Å². The zero-order chi connectivity index (χ0) is 14.4. The summed E-state index contributed by atoms with van der Waals surface area (Å²) in [5, 5.41) is 0. The van der Waals surface area contributed by atoms with E-state index in [0.29, 0.717) is 19.4 Å². The number of nitrogens with zero attached hydrogens (tertiary/aromatic N) is 1. The Morgan fingerprint density at radius 2 is 1.85 bits per heavy atom. The van der Waals surface area contributed by atoms with Gasteiger partial charge >= 0.3 is 0 Å². The molecule has 2 aliphatic rings. The van der Waals surface area contributed by atoms with Crippen LogP contribution in [-0.2, 0) is 16.1 Å². The van der Waals surface area contributed by atoms with Crippen LogP contribution in [0.5, 0.6) is 0 Å². The van der Waals surface area contributed by atoms with E-state index in [0.717, 1.165) is 18.4 Å². The van der Waals surface area contributed by atoms with Crippen LogP contribution in [0.3, 0.4) is 0 Å². The predicted octanol–water partition coefficient (Wildman–Crippen LogP) is 2.94. The van der Waals surface area contributed by atoms with Crippen molar-refractivity contribution in [2.45, 2.75) is 51.6 Å². The van der Waals surface area contributed by atoms with Crippen LogP contribution in [0.25, 0.3) is 0 Å².